The maximum absolute atomic E-state index is 11.7. The van der Waals surface area contributed by atoms with Gasteiger partial charge in [-0.05, 0) is 18.1 Å². The van der Waals surface area contributed by atoms with Crippen molar-refractivity contribution in [3.8, 4) is 11.5 Å². The zero-order valence-corrected chi connectivity index (χ0v) is 12.3. The fraction of sp³-hybridized carbons (Fsp3) is 0.467. The summed E-state index contributed by atoms with van der Waals surface area (Å²) in [5.41, 5.74) is 0. The van der Waals surface area contributed by atoms with E-state index in [0.29, 0.717) is 24.5 Å². The zero-order chi connectivity index (χ0) is 15.7. The molecular weight excluding hydrogens is 274 g/mol. The first-order valence-corrected chi connectivity index (χ1v) is 6.81. The Kier molecular flexibility index (Phi) is 7.08. The Hall–Kier alpha value is -2.24. The second kappa shape index (κ2) is 8.84. The maximum Gasteiger partial charge on any atom is 0.303 e. The van der Waals surface area contributed by atoms with Crippen molar-refractivity contribution in [1.82, 2.24) is 5.32 Å². The topological polar surface area (TPSA) is 84.9 Å². The van der Waals surface area contributed by atoms with E-state index in [0.717, 1.165) is 0 Å². The molecule has 1 atom stereocenters. The van der Waals surface area contributed by atoms with Gasteiger partial charge in [0.1, 0.15) is 0 Å². The van der Waals surface area contributed by atoms with E-state index in [2.05, 4.69) is 5.32 Å². The van der Waals surface area contributed by atoms with Gasteiger partial charge >= 0.3 is 5.97 Å². The van der Waals surface area contributed by atoms with Gasteiger partial charge in [0.2, 0.25) is 0 Å². The molecule has 1 unspecified atom stereocenters. The van der Waals surface area contributed by atoms with Crippen molar-refractivity contribution < 1.29 is 24.2 Å². The van der Waals surface area contributed by atoms with Crippen LogP contribution in [0.5, 0.6) is 11.5 Å². The van der Waals surface area contributed by atoms with E-state index in [1.165, 1.54) is 7.11 Å². The molecule has 0 fully saturated rings. The fourth-order valence-electron chi connectivity index (χ4n) is 1.80. The number of hydrogen-bond donors (Lipinski definition) is 2. The standard InChI is InChI=1S/C15H21NO5/c1-3-11(8-15(18)19)9-16-14(17)10-21-13-7-5-4-6-12(13)20-2/h4-7,11H,3,8-10H2,1-2H3,(H,16,17)(H,18,19). The van der Waals surface area contributed by atoms with Crippen LogP contribution in [-0.2, 0) is 9.59 Å². The summed E-state index contributed by atoms with van der Waals surface area (Å²) in [4.78, 5) is 22.3. The molecule has 0 aromatic heterocycles. The molecule has 2 N–H and O–H groups in total. The first-order valence-electron chi connectivity index (χ1n) is 6.81. The number of benzene rings is 1. The normalized spacial score (nSPS) is 11.5. The molecule has 1 aromatic rings. The monoisotopic (exact) mass is 295 g/mol. The molecule has 0 aliphatic heterocycles. The highest BCUT2D eigenvalue weighted by Gasteiger charge is 2.13. The highest BCUT2D eigenvalue weighted by molar-refractivity contribution is 5.77. The Morgan fingerprint density at radius 3 is 2.52 bits per heavy atom. The SMILES string of the molecule is CCC(CNC(=O)COc1ccccc1OC)CC(=O)O. The van der Waals surface area contributed by atoms with Crippen LogP contribution in [0.4, 0.5) is 0 Å². The molecule has 116 valence electrons. The predicted molar refractivity (Wildman–Crippen MR) is 77.5 cm³/mol. The Morgan fingerprint density at radius 2 is 1.95 bits per heavy atom. The minimum absolute atomic E-state index is 0.0458. The second-order valence-electron chi connectivity index (χ2n) is 4.62. The number of rotatable bonds is 9. The van der Waals surface area contributed by atoms with Gasteiger partial charge in [0.25, 0.3) is 5.91 Å². The molecule has 0 bridgehead atoms. The summed E-state index contributed by atoms with van der Waals surface area (Å²) in [5, 5.41) is 11.4. The number of amides is 1. The second-order valence-corrected chi connectivity index (χ2v) is 4.62. The molecule has 0 heterocycles. The van der Waals surface area contributed by atoms with Crippen LogP contribution in [-0.4, -0.2) is 37.2 Å². The minimum atomic E-state index is -0.860. The highest BCUT2D eigenvalue weighted by atomic mass is 16.5. The average molecular weight is 295 g/mol. The Morgan fingerprint density at radius 1 is 1.29 bits per heavy atom. The number of para-hydroxylation sites is 2. The maximum atomic E-state index is 11.7. The van der Waals surface area contributed by atoms with Crippen LogP contribution in [0.15, 0.2) is 24.3 Å². The van der Waals surface area contributed by atoms with Crippen molar-refractivity contribution in [3.63, 3.8) is 0 Å². The molecule has 6 heteroatoms. The van der Waals surface area contributed by atoms with E-state index >= 15 is 0 Å². The Bertz CT molecular complexity index is 475. The van der Waals surface area contributed by atoms with Crippen LogP contribution in [0, 0.1) is 5.92 Å². The quantitative estimate of drug-likeness (QED) is 0.724. The number of carboxylic acids is 1. The van der Waals surface area contributed by atoms with Gasteiger partial charge in [-0.3, -0.25) is 9.59 Å². The van der Waals surface area contributed by atoms with Gasteiger partial charge in [-0.25, -0.2) is 0 Å². The van der Waals surface area contributed by atoms with E-state index in [-0.39, 0.29) is 24.9 Å². The van der Waals surface area contributed by atoms with E-state index in [1.54, 1.807) is 18.2 Å². The third kappa shape index (κ3) is 6.16. The molecule has 1 rings (SSSR count). The Labute approximate surface area is 124 Å². The number of methoxy groups -OCH3 is 1. The van der Waals surface area contributed by atoms with Crippen LogP contribution in [0.25, 0.3) is 0 Å². The van der Waals surface area contributed by atoms with Gasteiger partial charge in [0.05, 0.1) is 7.11 Å². The van der Waals surface area contributed by atoms with Crippen LogP contribution in [0.3, 0.4) is 0 Å². The van der Waals surface area contributed by atoms with Crippen molar-refractivity contribution in [2.75, 3.05) is 20.3 Å². The smallest absolute Gasteiger partial charge is 0.303 e. The van der Waals surface area contributed by atoms with Crippen molar-refractivity contribution >= 4 is 11.9 Å². The molecule has 6 nitrogen and oxygen atoms in total. The van der Waals surface area contributed by atoms with Crippen LogP contribution >= 0.6 is 0 Å². The number of nitrogens with one attached hydrogen (secondary N) is 1. The largest absolute Gasteiger partial charge is 0.493 e. The molecule has 0 radical (unpaired) electrons. The van der Waals surface area contributed by atoms with Gasteiger partial charge in [-0.1, -0.05) is 25.5 Å². The van der Waals surface area contributed by atoms with E-state index < -0.39 is 5.97 Å². The van der Waals surface area contributed by atoms with Crippen molar-refractivity contribution in [3.05, 3.63) is 24.3 Å². The molecule has 0 aliphatic carbocycles. The summed E-state index contributed by atoms with van der Waals surface area (Å²) >= 11 is 0. The molecule has 0 aliphatic rings. The summed E-state index contributed by atoms with van der Waals surface area (Å²) in [6.45, 7) is 2.09. The van der Waals surface area contributed by atoms with Crippen LogP contribution in [0.1, 0.15) is 19.8 Å². The van der Waals surface area contributed by atoms with Gasteiger partial charge < -0.3 is 19.9 Å². The molecule has 1 aromatic carbocycles. The summed E-state index contributed by atoms with van der Waals surface area (Å²) in [6.07, 6.45) is 0.740. The number of aliphatic carboxylic acids is 1. The summed E-state index contributed by atoms with van der Waals surface area (Å²) in [7, 11) is 1.53. The Balaban J connectivity index is 2.38. The molecule has 21 heavy (non-hydrogen) atoms. The van der Waals surface area contributed by atoms with Gasteiger partial charge in [0.15, 0.2) is 18.1 Å². The van der Waals surface area contributed by atoms with Gasteiger partial charge in [-0.2, -0.15) is 0 Å². The van der Waals surface area contributed by atoms with Crippen LogP contribution < -0.4 is 14.8 Å². The molecular formula is C15H21NO5. The number of carbonyl (C=O) groups is 2. The van der Waals surface area contributed by atoms with Crippen molar-refractivity contribution in [2.45, 2.75) is 19.8 Å². The highest BCUT2D eigenvalue weighted by Crippen LogP contribution is 2.25. The average Bonchev–Trinajstić information content (AvgIpc) is 2.49. The lowest BCUT2D eigenvalue weighted by molar-refractivity contribution is -0.138. The molecule has 0 saturated heterocycles. The number of hydrogen-bond acceptors (Lipinski definition) is 4. The number of carbonyl (C=O) groups excluding carboxylic acids is 1. The van der Waals surface area contributed by atoms with E-state index in [9.17, 15) is 9.59 Å². The third-order valence-electron chi connectivity index (χ3n) is 3.06. The van der Waals surface area contributed by atoms with Crippen molar-refractivity contribution in [2.24, 2.45) is 5.92 Å². The number of carboxylic acid groups (broad SMARTS) is 1. The van der Waals surface area contributed by atoms with Gasteiger partial charge in [-0.15, -0.1) is 0 Å². The molecule has 0 spiro atoms. The van der Waals surface area contributed by atoms with Gasteiger partial charge in [0, 0.05) is 13.0 Å². The minimum Gasteiger partial charge on any atom is -0.493 e. The number of ether oxygens (including phenoxy) is 2. The summed E-state index contributed by atoms with van der Waals surface area (Å²) < 4.78 is 10.5. The fourth-order valence-corrected chi connectivity index (χ4v) is 1.80. The lowest BCUT2D eigenvalue weighted by atomic mass is 10.0. The molecule has 0 saturated carbocycles. The van der Waals surface area contributed by atoms with Crippen molar-refractivity contribution in [1.29, 1.82) is 0 Å². The van der Waals surface area contributed by atoms with E-state index in [1.807, 2.05) is 13.0 Å². The summed E-state index contributed by atoms with van der Waals surface area (Å²) in [6, 6.07) is 7.05. The lowest BCUT2D eigenvalue weighted by Crippen LogP contribution is -2.33. The predicted octanol–water partition coefficient (Wildman–Crippen LogP) is 1.69. The third-order valence-corrected chi connectivity index (χ3v) is 3.06. The molecule has 1 amide bonds. The summed E-state index contributed by atoms with van der Waals surface area (Å²) in [5.74, 6) is -0.167. The van der Waals surface area contributed by atoms with E-state index in [4.69, 9.17) is 14.6 Å². The first kappa shape index (κ1) is 16.8. The zero-order valence-electron chi connectivity index (χ0n) is 12.3. The van der Waals surface area contributed by atoms with Crippen LogP contribution in [0.2, 0.25) is 0 Å². The first-order chi connectivity index (χ1) is 10.1. The lowest BCUT2D eigenvalue weighted by Gasteiger charge is -2.14.